The highest BCUT2D eigenvalue weighted by molar-refractivity contribution is 5.35. The molecule has 0 unspecified atom stereocenters. The lowest BCUT2D eigenvalue weighted by Gasteiger charge is -2.36. The number of rotatable bonds is 4. The van der Waals surface area contributed by atoms with Gasteiger partial charge in [-0.15, -0.1) is 0 Å². The second-order valence-electron chi connectivity index (χ2n) is 6.34. The van der Waals surface area contributed by atoms with E-state index in [2.05, 4.69) is 5.10 Å². The summed E-state index contributed by atoms with van der Waals surface area (Å²) in [4.78, 5) is 0. The van der Waals surface area contributed by atoms with Crippen LogP contribution in [0.1, 0.15) is 36.0 Å². The Hall–Kier alpha value is -1.90. The molecule has 9 heteroatoms. The van der Waals surface area contributed by atoms with Crippen molar-refractivity contribution >= 4 is 0 Å². The highest BCUT2D eigenvalue weighted by Crippen LogP contribution is 2.47. The third kappa shape index (κ3) is 2.84. The molecule has 0 aromatic carbocycles. The normalized spacial score (nSPS) is 21.4. The third-order valence-electron chi connectivity index (χ3n) is 4.65. The van der Waals surface area contributed by atoms with Crippen LogP contribution < -0.4 is 0 Å². The number of aromatic nitrogens is 3. The first-order valence-electron chi connectivity index (χ1n) is 7.79. The van der Waals surface area contributed by atoms with Crippen molar-refractivity contribution in [2.75, 3.05) is 7.11 Å². The van der Waals surface area contributed by atoms with E-state index in [4.69, 9.17) is 4.74 Å². The lowest BCUT2D eigenvalue weighted by molar-refractivity contribution is -0.292. The van der Waals surface area contributed by atoms with E-state index in [0.717, 1.165) is 10.7 Å². The maximum absolute atomic E-state index is 14.1. The van der Waals surface area contributed by atoms with E-state index in [1.807, 2.05) is 0 Å². The van der Waals surface area contributed by atoms with Crippen LogP contribution in [-0.2, 0) is 10.7 Å². The van der Waals surface area contributed by atoms with Gasteiger partial charge in [-0.25, -0.2) is 0 Å². The van der Waals surface area contributed by atoms with Crippen molar-refractivity contribution in [1.82, 2.24) is 14.3 Å². The zero-order valence-corrected chi connectivity index (χ0v) is 13.9. The average molecular weight is 363 g/mol. The Balaban J connectivity index is 2.10. The minimum absolute atomic E-state index is 0.0554. The third-order valence-corrected chi connectivity index (χ3v) is 4.65. The van der Waals surface area contributed by atoms with Crippen LogP contribution in [0, 0.1) is 13.8 Å². The number of ether oxygens (including phenoxy) is 1. The number of nitrogens with zero attached hydrogens (tertiary/aromatic N) is 3. The van der Waals surface area contributed by atoms with Crippen LogP contribution in [-0.4, -0.2) is 33.7 Å². The molecule has 0 aliphatic heterocycles. The Labute approximate surface area is 141 Å². The van der Waals surface area contributed by atoms with Gasteiger partial charge in [-0.2, -0.15) is 27.1 Å². The van der Waals surface area contributed by atoms with E-state index in [1.54, 1.807) is 30.5 Å². The van der Waals surface area contributed by atoms with Gasteiger partial charge in [0.15, 0.2) is 5.82 Å². The van der Waals surface area contributed by atoms with E-state index >= 15 is 0 Å². The Morgan fingerprint density at radius 1 is 1.08 bits per heavy atom. The van der Waals surface area contributed by atoms with E-state index < -0.39 is 23.8 Å². The highest BCUT2D eigenvalue weighted by atomic mass is 19.4. The average Bonchev–Trinajstić information content (AvgIpc) is 3.01. The van der Waals surface area contributed by atoms with Gasteiger partial charge in [0.25, 0.3) is 0 Å². The van der Waals surface area contributed by atoms with Gasteiger partial charge in [0.1, 0.15) is 5.69 Å². The molecule has 3 rings (SSSR count). The summed E-state index contributed by atoms with van der Waals surface area (Å²) in [6.07, 6.45) is -5.14. The molecule has 4 nitrogen and oxygen atoms in total. The van der Waals surface area contributed by atoms with Crippen LogP contribution in [0.3, 0.4) is 0 Å². The second-order valence-corrected chi connectivity index (χ2v) is 6.34. The summed E-state index contributed by atoms with van der Waals surface area (Å²) >= 11 is 0. The predicted octanol–water partition coefficient (Wildman–Crippen LogP) is 4.29. The van der Waals surface area contributed by atoms with Crippen LogP contribution in [0.15, 0.2) is 18.2 Å². The number of alkyl halides is 5. The molecule has 138 valence electrons. The molecule has 0 atom stereocenters. The first-order valence-corrected chi connectivity index (χ1v) is 7.79. The van der Waals surface area contributed by atoms with E-state index in [0.29, 0.717) is 24.2 Å². The number of hydrogen-bond acceptors (Lipinski definition) is 2. The largest absolute Gasteiger partial charge is 0.459 e. The Bertz CT molecular complexity index is 752. The molecule has 1 fully saturated rings. The molecule has 1 aliphatic rings. The molecule has 1 aliphatic carbocycles. The van der Waals surface area contributed by atoms with Gasteiger partial charge in [0.2, 0.25) is 0 Å². The van der Waals surface area contributed by atoms with E-state index in [1.165, 1.54) is 7.11 Å². The minimum atomic E-state index is -5.69. The molecule has 2 heterocycles. The molecule has 0 amide bonds. The van der Waals surface area contributed by atoms with Gasteiger partial charge in [-0.05, 0) is 38.8 Å². The first-order chi connectivity index (χ1) is 11.6. The maximum atomic E-state index is 14.1. The van der Waals surface area contributed by atoms with Gasteiger partial charge in [-0.3, -0.25) is 4.68 Å². The molecular weight excluding hydrogens is 345 g/mol. The molecule has 1 saturated carbocycles. The van der Waals surface area contributed by atoms with Crippen LogP contribution >= 0.6 is 0 Å². The van der Waals surface area contributed by atoms with Crippen molar-refractivity contribution in [2.24, 2.45) is 0 Å². The molecule has 0 saturated heterocycles. The fraction of sp³-hybridized carbons (Fsp3) is 0.562. The van der Waals surface area contributed by atoms with Crippen LogP contribution in [0.25, 0.3) is 5.82 Å². The zero-order chi connectivity index (χ0) is 18.6. The quantitative estimate of drug-likeness (QED) is 0.759. The van der Waals surface area contributed by atoms with Crippen molar-refractivity contribution in [1.29, 1.82) is 0 Å². The standard InChI is InChI=1S/C16H18F5N3O/c1-9-4-5-10(2)23(9)14-8-13(15(17,18)16(19,20)21)24(22-14)11-6-12(7-11)25-3/h4-5,8,11-12H,6-7H2,1-3H3/t11-,12-. The van der Waals surface area contributed by atoms with Crippen molar-refractivity contribution < 1.29 is 26.7 Å². The number of methoxy groups -OCH3 is 1. The summed E-state index contributed by atoms with van der Waals surface area (Å²) in [7, 11) is 1.48. The fourth-order valence-electron chi connectivity index (χ4n) is 3.11. The molecule has 0 radical (unpaired) electrons. The van der Waals surface area contributed by atoms with Gasteiger partial charge in [-0.1, -0.05) is 0 Å². The smallest absolute Gasteiger partial charge is 0.381 e. The summed E-state index contributed by atoms with van der Waals surface area (Å²) in [5.74, 6) is -4.93. The van der Waals surface area contributed by atoms with Crippen molar-refractivity contribution in [2.45, 2.75) is 50.9 Å². The van der Waals surface area contributed by atoms with Gasteiger partial charge < -0.3 is 9.30 Å². The SMILES string of the molecule is CO[C@H]1C[C@H](n2nc(-n3c(C)ccc3C)cc2C(F)(F)C(F)(F)F)C1. The zero-order valence-electron chi connectivity index (χ0n) is 13.9. The number of halogens is 5. The molecule has 0 bridgehead atoms. The maximum Gasteiger partial charge on any atom is 0.459 e. The van der Waals surface area contributed by atoms with E-state index in [9.17, 15) is 22.0 Å². The second kappa shape index (κ2) is 5.82. The minimum Gasteiger partial charge on any atom is -0.381 e. The van der Waals surface area contributed by atoms with Gasteiger partial charge >= 0.3 is 12.1 Å². The summed E-state index contributed by atoms with van der Waals surface area (Å²) in [6, 6.07) is 3.78. The predicted molar refractivity (Wildman–Crippen MR) is 80.0 cm³/mol. The summed E-state index contributed by atoms with van der Waals surface area (Å²) in [5, 5.41) is 4.09. The summed E-state index contributed by atoms with van der Waals surface area (Å²) < 4.78 is 74.3. The molecule has 0 spiro atoms. The van der Waals surface area contributed by atoms with Crippen molar-refractivity contribution in [3.05, 3.63) is 35.3 Å². The Morgan fingerprint density at radius 3 is 2.12 bits per heavy atom. The lowest BCUT2D eigenvalue weighted by Crippen LogP contribution is -2.40. The van der Waals surface area contributed by atoms with Crippen LogP contribution in [0.4, 0.5) is 22.0 Å². The summed E-state index contributed by atoms with van der Waals surface area (Å²) in [5.41, 5.74) is 0.266. The van der Waals surface area contributed by atoms with Gasteiger partial charge in [0.05, 0.1) is 12.1 Å². The number of aryl methyl sites for hydroxylation is 2. The van der Waals surface area contributed by atoms with Crippen molar-refractivity contribution in [3.8, 4) is 5.82 Å². The lowest BCUT2D eigenvalue weighted by atomic mass is 9.89. The van der Waals surface area contributed by atoms with Gasteiger partial charge in [0, 0.05) is 24.6 Å². The van der Waals surface area contributed by atoms with Crippen LogP contribution in [0.5, 0.6) is 0 Å². The number of hydrogen-bond donors (Lipinski definition) is 0. The highest BCUT2D eigenvalue weighted by Gasteiger charge is 2.61. The first kappa shape index (κ1) is 17.9. The van der Waals surface area contributed by atoms with Crippen LogP contribution in [0.2, 0.25) is 0 Å². The molecule has 2 aromatic rings. The van der Waals surface area contributed by atoms with Crippen molar-refractivity contribution in [3.63, 3.8) is 0 Å². The molecule has 2 aromatic heterocycles. The Kier molecular flexibility index (Phi) is 4.17. The molecule has 25 heavy (non-hydrogen) atoms. The Morgan fingerprint density at radius 2 is 1.64 bits per heavy atom. The van der Waals surface area contributed by atoms with E-state index in [-0.39, 0.29) is 11.9 Å². The fourth-order valence-corrected chi connectivity index (χ4v) is 3.11. The topological polar surface area (TPSA) is 32.0 Å². The molecular formula is C16H18F5N3O. The summed E-state index contributed by atoms with van der Waals surface area (Å²) in [6.45, 7) is 3.47. The molecule has 0 N–H and O–H groups in total. The monoisotopic (exact) mass is 363 g/mol.